The van der Waals surface area contributed by atoms with E-state index in [2.05, 4.69) is 10.3 Å². The van der Waals surface area contributed by atoms with Gasteiger partial charge in [-0.3, -0.25) is 0 Å². The third-order valence-electron chi connectivity index (χ3n) is 3.83. The van der Waals surface area contributed by atoms with E-state index in [-0.39, 0.29) is 19.0 Å². The summed E-state index contributed by atoms with van der Waals surface area (Å²) in [5.74, 6) is -0.0662. The number of hydrogen-bond acceptors (Lipinski definition) is 6. The van der Waals surface area contributed by atoms with E-state index in [1.165, 1.54) is 26.2 Å². The molecule has 3 N–H and O–H groups in total. The van der Waals surface area contributed by atoms with Crippen molar-refractivity contribution in [2.45, 2.75) is 57.2 Å². The van der Waals surface area contributed by atoms with Crippen LogP contribution in [0.1, 0.15) is 26.7 Å². The molecular weight excluding hydrogens is 353 g/mol. The number of aliphatic hydroxyl groups is 2. The molecule has 0 aromatic carbocycles. The number of aliphatic hydroxyl groups excluding tert-OH is 2. The number of nitrogens with zero attached hydrogens (tertiary/aromatic N) is 1. The smallest absolute Gasteiger partial charge is 0.388 e. The summed E-state index contributed by atoms with van der Waals surface area (Å²) in [6.45, 7) is 3.47. The van der Waals surface area contributed by atoms with Crippen molar-refractivity contribution in [3.05, 3.63) is 24.0 Å². The van der Waals surface area contributed by atoms with Gasteiger partial charge in [0.2, 0.25) is 0 Å². The minimum Gasteiger partial charge on any atom is -0.388 e. The van der Waals surface area contributed by atoms with Crippen molar-refractivity contribution in [1.82, 2.24) is 5.32 Å². The monoisotopic (exact) mass is 380 g/mol. The zero-order chi connectivity index (χ0) is 19.7. The Bertz CT molecular complexity index is 521. The number of aliphatic imine (C=N–C) groups is 1. The fourth-order valence-corrected chi connectivity index (χ4v) is 2.38. The third kappa shape index (κ3) is 6.71. The SMILES string of the molecule is C\C=C(/N=C(\C=C\CCC)C(F)(F)F)NC1COC(COC)C(O)C1O. The molecule has 0 aliphatic carbocycles. The van der Waals surface area contributed by atoms with Gasteiger partial charge in [-0.2, -0.15) is 13.2 Å². The summed E-state index contributed by atoms with van der Waals surface area (Å²) in [5, 5.41) is 22.9. The van der Waals surface area contributed by atoms with Crippen LogP contribution in [0.25, 0.3) is 0 Å². The number of hydrogen-bond donors (Lipinski definition) is 3. The molecule has 1 aliphatic rings. The van der Waals surface area contributed by atoms with Gasteiger partial charge in [-0.25, -0.2) is 4.99 Å². The largest absolute Gasteiger partial charge is 0.433 e. The van der Waals surface area contributed by atoms with Crippen molar-refractivity contribution in [2.24, 2.45) is 4.99 Å². The maximum atomic E-state index is 13.1. The minimum absolute atomic E-state index is 0.00780. The van der Waals surface area contributed by atoms with Gasteiger partial charge >= 0.3 is 6.18 Å². The van der Waals surface area contributed by atoms with E-state index in [1.807, 2.05) is 6.92 Å². The van der Waals surface area contributed by atoms with Gasteiger partial charge in [0.15, 0.2) is 0 Å². The molecule has 9 heteroatoms. The maximum absolute atomic E-state index is 13.1. The fourth-order valence-electron chi connectivity index (χ4n) is 2.38. The number of unbranched alkanes of at least 4 members (excludes halogenated alkanes) is 1. The van der Waals surface area contributed by atoms with Crippen molar-refractivity contribution >= 4 is 5.71 Å². The van der Waals surface area contributed by atoms with Crippen molar-refractivity contribution in [3.63, 3.8) is 0 Å². The van der Waals surface area contributed by atoms with Crippen LogP contribution < -0.4 is 5.32 Å². The van der Waals surface area contributed by atoms with Gasteiger partial charge in [0, 0.05) is 7.11 Å². The molecular formula is C17H27F3N2O4. The molecule has 0 aromatic rings. The third-order valence-corrected chi connectivity index (χ3v) is 3.83. The zero-order valence-electron chi connectivity index (χ0n) is 15.2. The lowest BCUT2D eigenvalue weighted by Crippen LogP contribution is -2.58. The van der Waals surface area contributed by atoms with Gasteiger partial charge in [-0.05, 0) is 25.5 Å². The molecule has 4 atom stereocenters. The van der Waals surface area contributed by atoms with Crippen LogP contribution in [-0.4, -0.2) is 66.8 Å². The molecule has 1 rings (SSSR count). The summed E-state index contributed by atoms with van der Waals surface area (Å²) in [5.41, 5.74) is -1.05. The van der Waals surface area contributed by atoms with E-state index in [9.17, 15) is 23.4 Å². The van der Waals surface area contributed by atoms with E-state index in [0.717, 1.165) is 12.5 Å². The molecule has 0 aromatic heterocycles. The Morgan fingerprint density at radius 3 is 2.58 bits per heavy atom. The number of alkyl halides is 3. The number of allylic oxidation sites excluding steroid dienone is 3. The van der Waals surface area contributed by atoms with Gasteiger partial charge in [-0.1, -0.05) is 19.4 Å². The lowest BCUT2D eigenvalue weighted by Gasteiger charge is -2.38. The van der Waals surface area contributed by atoms with Crippen LogP contribution in [0.2, 0.25) is 0 Å². The highest BCUT2D eigenvalue weighted by Crippen LogP contribution is 2.21. The molecule has 0 amide bonds. The van der Waals surface area contributed by atoms with Gasteiger partial charge < -0.3 is 25.0 Å². The highest BCUT2D eigenvalue weighted by molar-refractivity contribution is 6.00. The molecule has 0 saturated carbocycles. The van der Waals surface area contributed by atoms with E-state index in [0.29, 0.717) is 6.42 Å². The van der Waals surface area contributed by atoms with Gasteiger partial charge in [0.1, 0.15) is 29.8 Å². The van der Waals surface area contributed by atoms with Crippen LogP contribution in [0.4, 0.5) is 13.2 Å². The Kier molecular flexibility index (Phi) is 9.28. The second kappa shape index (κ2) is 10.7. The summed E-state index contributed by atoms with van der Waals surface area (Å²) in [6, 6.07) is -0.804. The van der Waals surface area contributed by atoms with Gasteiger partial charge in [0.05, 0.1) is 19.3 Å². The lowest BCUT2D eigenvalue weighted by atomic mass is 9.98. The second-order valence-corrected chi connectivity index (χ2v) is 5.92. The average molecular weight is 380 g/mol. The van der Waals surface area contributed by atoms with Crippen LogP contribution in [0, 0.1) is 0 Å². The van der Waals surface area contributed by atoms with E-state index >= 15 is 0 Å². The summed E-state index contributed by atoms with van der Waals surface area (Å²) < 4.78 is 49.7. The molecule has 26 heavy (non-hydrogen) atoms. The molecule has 1 fully saturated rings. The number of rotatable bonds is 8. The molecule has 1 saturated heterocycles. The highest BCUT2D eigenvalue weighted by Gasteiger charge is 2.39. The standard InChI is InChI=1S/C17H27F3N2O4/c1-4-6-7-8-13(17(18,19)20)22-14(5-2)21-11-9-26-12(10-25-3)16(24)15(11)23/h5,7-8,11-12,15-16,21,23-24H,4,6,9-10H2,1-3H3/b8-7+,14-5-,22-13+. The summed E-state index contributed by atoms with van der Waals surface area (Å²) >= 11 is 0. The number of methoxy groups -OCH3 is 1. The van der Waals surface area contributed by atoms with E-state index in [4.69, 9.17) is 9.47 Å². The van der Waals surface area contributed by atoms with Crippen molar-refractivity contribution in [2.75, 3.05) is 20.3 Å². The molecule has 0 radical (unpaired) electrons. The Morgan fingerprint density at radius 2 is 2.04 bits per heavy atom. The summed E-state index contributed by atoms with van der Waals surface area (Å²) in [4.78, 5) is 3.63. The quantitative estimate of drug-likeness (QED) is 0.561. The lowest BCUT2D eigenvalue weighted by molar-refractivity contribution is -0.163. The summed E-state index contributed by atoms with van der Waals surface area (Å²) in [6.07, 6.45) is -2.83. The maximum Gasteiger partial charge on any atom is 0.433 e. The molecule has 1 aliphatic heterocycles. The number of ether oxygens (including phenoxy) is 2. The normalized spacial score (nSPS) is 28.6. The first-order chi connectivity index (χ1) is 12.2. The van der Waals surface area contributed by atoms with Crippen molar-refractivity contribution in [3.8, 4) is 0 Å². The van der Waals surface area contributed by atoms with Gasteiger partial charge in [0.25, 0.3) is 0 Å². The molecule has 0 spiro atoms. The molecule has 6 nitrogen and oxygen atoms in total. The van der Waals surface area contributed by atoms with E-state index in [1.54, 1.807) is 0 Å². The first-order valence-electron chi connectivity index (χ1n) is 8.46. The molecule has 4 unspecified atom stereocenters. The van der Waals surface area contributed by atoms with Crippen molar-refractivity contribution < 1.29 is 32.9 Å². The van der Waals surface area contributed by atoms with Crippen LogP contribution in [0.15, 0.2) is 29.0 Å². The number of nitrogens with one attached hydrogen (secondary N) is 1. The first-order valence-corrected chi connectivity index (χ1v) is 8.46. The van der Waals surface area contributed by atoms with Crippen molar-refractivity contribution in [1.29, 1.82) is 0 Å². The van der Waals surface area contributed by atoms with Crippen LogP contribution >= 0.6 is 0 Å². The van der Waals surface area contributed by atoms with Crippen LogP contribution in [0.3, 0.4) is 0 Å². The number of halogens is 3. The molecule has 0 bridgehead atoms. The molecule has 150 valence electrons. The van der Waals surface area contributed by atoms with Crippen LogP contribution in [0.5, 0.6) is 0 Å². The Morgan fingerprint density at radius 1 is 1.35 bits per heavy atom. The fraction of sp³-hybridized carbons (Fsp3) is 0.706. The Labute approximate surface area is 151 Å². The first kappa shape index (κ1) is 22.6. The predicted molar refractivity (Wildman–Crippen MR) is 91.8 cm³/mol. The summed E-state index contributed by atoms with van der Waals surface area (Å²) in [7, 11) is 1.43. The van der Waals surface area contributed by atoms with E-state index < -0.39 is 36.2 Å². The van der Waals surface area contributed by atoms with Crippen LogP contribution in [-0.2, 0) is 9.47 Å². The predicted octanol–water partition coefficient (Wildman–Crippen LogP) is 1.93. The highest BCUT2D eigenvalue weighted by atomic mass is 19.4. The topological polar surface area (TPSA) is 83.3 Å². The Hall–Kier alpha value is -1.42. The Balaban J connectivity index is 2.88. The van der Waals surface area contributed by atoms with Gasteiger partial charge in [-0.15, -0.1) is 0 Å². The minimum atomic E-state index is -4.61. The average Bonchev–Trinajstić information content (AvgIpc) is 2.58. The molecule has 1 heterocycles. The second-order valence-electron chi connectivity index (χ2n) is 5.92. The zero-order valence-corrected chi connectivity index (χ0v) is 15.2.